The van der Waals surface area contributed by atoms with Crippen molar-refractivity contribution in [3.63, 3.8) is 0 Å². The van der Waals surface area contributed by atoms with E-state index >= 15 is 0 Å². The van der Waals surface area contributed by atoms with Crippen molar-refractivity contribution in [3.8, 4) is 0 Å². The van der Waals surface area contributed by atoms with Gasteiger partial charge in [0.2, 0.25) is 5.91 Å². The van der Waals surface area contributed by atoms with E-state index in [2.05, 4.69) is 21.2 Å². The standard InChI is InChI=1S/C15H12BrClFNO/c1-9-6-13(18)11(16)8-14(9)19-15(20)7-10-4-2-3-5-12(10)17/h2-6,8H,7H2,1H3,(H,19,20). The number of halogens is 3. The molecule has 20 heavy (non-hydrogen) atoms. The minimum absolute atomic E-state index is 0.175. The van der Waals surface area contributed by atoms with E-state index < -0.39 is 0 Å². The second kappa shape index (κ2) is 6.37. The Kier molecular flexibility index (Phi) is 4.78. The van der Waals surface area contributed by atoms with Gasteiger partial charge in [0.25, 0.3) is 0 Å². The van der Waals surface area contributed by atoms with Gasteiger partial charge < -0.3 is 5.32 Å². The summed E-state index contributed by atoms with van der Waals surface area (Å²) >= 11 is 9.11. The lowest BCUT2D eigenvalue weighted by molar-refractivity contribution is -0.115. The third kappa shape index (κ3) is 3.58. The van der Waals surface area contributed by atoms with Gasteiger partial charge in [0, 0.05) is 10.7 Å². The van der Waals surface area contributed by atoms with E-state index in [1.807, 2.05) is 12.1 Å². The molecule has 0 aliphatic carbocycles. The van der Waals surface area contributed by atoms with E-state index in [4.69, 9.17) is 11.6 Å². The van der Waals surface area contributed by atoms with Gasteiger partial charge in [-0.1, -0.05) is 29.8 Å². The molecule has 5 heteroatoms. The molecule has 1 amide bonds. The summed E-state index contributed by atoms with van der Waals surface area (Å²) in [5, 5.41) is 3.31. The molecule has 0 heterocycles. The third-order valence-corrected chi connectivity index (χ3v) is 3.83. The number of hydrogen-bond acceptors (Lipinski definition) is 1. The molecule has 0 saturated carbocycles. The fourth-order valence-electron chi connectivity index (χ4n) is 1.79. The molecule has 2 rings (SSSR count). The Bertz CT molecular complexity index is 660. The van der Waals surface area contributed by atoms with E-state index in [0.717, 1.165) is 5.56 Å². The van der Waals surface area contributed by atoms with E-state index in [1.165, 1.54) is 6.07 Å². The highest BCUT2D eigenvalue weighted by Gasteiger charge is 2.10. The highest BCUT2D eigenvalue weighted by atomic mass is 79.9. The van der Waals surface area contributed by atoms with Gasteiger partial charge in [-0.2, -0.15) is 0 Å². The molecule has 0 aliphatic heterocycles. The quantitative estimate of drug-likeness (QED) is 0.846. The predicted octanol–water partition coefficient (Wildman–Crippen LogP) is 4.73. The van der Waals surface area contributed by atoms with Gasteiger partial charge in [0.05, 0.1) is 10.9 Å². The number of hydrogen-bond donors (Lipinski definition) is 1. The number of aryl methyl sites for hydroxylation is 1. The second-order valence-corrected chi connectivity index (χ2v) is 5.66. The van der Waals surface area contributed by atoms with Gasteiger partial charge >= 0.3 is 0 Å². The van der Waals surface area contributed by atoms with Gasteiger partial charge in [-0.05, 0) is 52.2 Å². The van der Waals surface area contributed by atoms with Crippen LogP contribution in [0.4, 0.5) is 10.1 Å². The average molecular weight is 357 g/mol. The average Bonchev–Trinajstić information content (AvgIpc) is 2.39. The zero-order valence-electron chi connectivity index (χ0n) is 10.7. The maximum atomic E-state index is 13.3. The molecule has 2 nitrogen and oxygen atoms in total. The van der Waals surface area contributed by atoms with E-state index in [1.54, 1.807) is 25.1 Å². The summed E-state index contributed by atoms with van der Waals surface area (Å²) in [6.07, 6.45) is 0.175. The summed E-state index contributed by atoms with van der Waals surface area (Å²) in [6, 6.07) is 10.1. The molecular weight excluding hydrogens is 345 g/mol. The molecule has 0 fully saturated rings. The van der Waals surface area contributed by atoms with Gasteiger partial charge in [0.15, 0.2) is 0 Å². The topological polar surface area (TPSA) is 29.1 Å². The number of anilines is 1. The Morgan fingerprint density at radius 3 is 2.75 bits per heavy atom. The summed E-state index contributed by atoms with van der Waals surface area (Å²) in [4.78, 5) is 12.0. The van der Waals surface area contributed by atoms with Gasteiger partial charge in [-0.15, -0.1) is 0 Å². The van der Waals surface area contributed by atoms with Crippen LogP contribution >= 0.6 is 27.5 Å². The number of benzene rings is 2. The van der Waals surface area contributed by atoms with Crippen molar-refractivity contribution >= 4 is 39.1 Å². The molecular formula is C15H12BrClFNO. The molecule has 0 atom stereocenters. The zero-order valence-corrected chi connectivity index (χ0v) is 13.1. The van der Waals surface area contributed by atoms with Crippen LogP contribution in [0.15, 0.2) is 40.9 Å². The van der Waals surface area contributed by atoms with Crippen molar-refractivity contribution in [2.75, 3.05) is 5.32 Å². The van der Waals surface area contributed by atoms with Crippen LogP contribution in [0.5, 0.6) is 0 Å². The Morgan fingerprint density at radius 2 is 2.05 bits per heavy atom. The number of nitrogens with one attached hydrogen (secondary N) is 1. The van der Waals surface area contributed by atoms with Crippen molar-refractivity contribution in [1.82, 2.24) is 0 Å². The Balaban J connectivity index is 2.13. The van der Waals surface area contributed by atoms with Gasteiger partial charge in [-0.3, -0.25) is 4.79 Å². The van der Waals surface area contributed by atoms with Crippen molar-refractivity contribution in [2.24, 2.45) is 0 Å². The minimum atomic E-state index is -0.355. The largest absolute Gasteiger partial charge is 0.326 e. The first-order chi connectivity index (χ1) is 9.47. The Labute approximate surface area is 130 Å². The molecule has 2 aromatic rings. The molecule has 104 valence electrons. The summed E-state index contributed by atoms with van der Waals surface area (Å²) in [5.41, 5.74) is 2.00. The lowest BCUT2D eigenvalue weighted by atomic mass is 10.1. The zero-order chi connectivity index (χ0) is 14.7. The Hall–Kier alpha value is -1.39. The van der Waals surface area contributed by atoms with Gasteiger partial charge in [0.1, 0.15) is 5.82 Å². The number of carbonyl (C=O) groups excluding carboxylic acids is 1. The fourth-order valence-corrected chi connectivity index (χ4v) is 2.34. The first-order valence-electron chi connectivity index (χ1n) is 5.96. The normalized spacial score (nSPS) is 10.4. The Morgan fingerprint density at radius 1 is 1.35 bits per heavy atom. The van der Waals surface area contributed by atoms with Crippen LogP contribution in [0, 0.1) is 12.7 Å². The van der Waals surface area contributed by atoms with Gasteiger partial charge in [-0.25, -0.2) is 4.39 Å². The van der Waals surface area contributed by atoms with Crippen molar-refractivity contribution < 1.29 is 9.18 Å². The summed E-state index contributed by atoms with van der Waals surface area (Å²) in [5.74, 6) is -0.550. The maximum absolute atomic E-state index is 13.3. The van der Waals surface area contributed by atoms with Crippen LogP contribution in [-0.2, 0) is 11.2 Å². The molecule has 0 radical (unpaired) electrons. The monoisotopic (exact) mass is 355 g/mol. The lowest BCUT2D eigenvalue weighted by Gasteiger charge is -2.10. The van der Waals surface area contributed by atoms with Crippen molar-refractivity contribution in [2.45, 2.75) is 13.3 Å². The number of rotatable bonds is 3. The lowest BCUT2D eigenvalue weighted by Crippen LogP contribution is -2.15. The summed E-state index contributed by atoms with van der Waals surface area (Å²) in [7, 11) is 0. The fraction of sp³-hybridized carbons (Fsp3) is 0.133. The van der Waals surface area contributed by atoms with E-state index in [0.29, 0.717) is 20.7 Å². The highest BCUT2D eigenvalue weighted by molar-refractivity contribution is 9.10. The van der Waals surface area contributed by atoms with Crippen LogP contribution in [0.2, 0.25) is 5.02 Å². The molecule has 0 bridgehead atoms. The van der Waals surface area contributed by atoms with E-state index in [-0.39, 0.29) is 18.1 Å². The summed E-state index contributed by atoms with van der Waals surface area (Å²) < 4.78 is 13.6. The first-order valence-corrected chi connectivity index (χ1v) is 7.13. The highest BCUT2D eigenvalue weighted by Crippen LogP contribution is 2.24. The smallest absolute Gasteiger partial charge is 0.228 e. The maximum Gasteiger partial charge on any atom is 0.228 e. The van der Waals surface area contributed by atoms with Crippen molar-refractivity contribution in [3.05, 3.63) is 62.8 Å². The molecule has 0 unspecified atom stereocenters. The molecule has 1 N–H and O–H groups in total. The van der Waals surface area contributed by atoms with Crippen molar-refractivity contribution in [1.29, 1.82) is 0 Å². The molecule has 0 aliphatic rings. The number of amides is 1. The molecule has 0 spiro atoms. The third-order valence-electron chi connectivity index (χ3n) is 2.85. The molecule has 2 aromatic carbocycles. The first kappa shape index (κ1) is 15.0. The number of carbonyl (C=O) groups is 1. The van der Waals surface area contributed by atoms with Crippen LogP contribution in [0.1, 0.15) is 11.1 Å². The minimum Gasteiger partial charge on any atom is -0.326 e. The molecule has 0 saturated heterocycles. The van der Waals surface area contributed by atoms with Crippen LogP contribution in [0.3, 0.4) is 0 Å². The SMILES string of the molecule is Cc1cc(F)c(Br)cc1NC(=O)Cc1ccccc1Cl. The molecule has 0 aromatic heterocycles. The van der Waals surface area contributed by atoms with Crippen LogP contribution < -0.4 is 5.32 Å². The van der Waals surface area contributed by atoms with Crippen LogP contribution in [0.25, 0.3) is 0 Å². The second-order valence-electron chi connectivity index (χ2n) is 4.40. The van der Waals surface area contributed by atoms with Crippen LogP contribution in [-0.4, -0.2) is 5.91 Å². The van der Waals surface area contributed by atoms with E-state index in [9.17, 15) is 9.18 Å². The predicted molar refractivity (Wildman–Crippen MR) is 82.6 cm³/mol. The summed E-state index contributed by atoms with van der Waals surface area (Å²) in [6.45, 7) is 1.74.